The molecule has 0 unspecified atom stereocenters. The molecule has 1 N–H and O–H groups in total. The van der Waals surface area contributed by atoms with Crippen LogP contribution in [0.2, 0.25) is 10.0 Å². The lowest BCUT2D eigenvalue weighted by molar-refractivity contribution is -0.141. The van der Waals surface area contributed by atoms with Gasteiger partial charge in [-0.25, -0.2) is 0 Å². The summed E-state index contributed by atoms with van der Waals surface area (Å²) in [6.45, 7) is 1.50. The number of benzene rings is 1. The zero-order valence-corrected chi connectivity index (χ0v) is 13.4. The molecule has 23 heavy (non-hydrogen) atoms. The Morgan fingerprint density at radius 1 is 1.30 bits per heavy atom. The van der Waals surface area contributed by atoms with E-state index in [1.807, 2.05) is 0 Å². The fourth-order valence-corrected chi connectivity index (χ4v) is 2.39. The van der Waals surface area contributed by atoms with Crippen LogP contribution in [-0.2, 0) is 17.5 Å². The number of alkyl halides is 3. The van der Waals surface area contributed by atoms with E-state index in [0.717, 1.165) is 10.7 Å². The molecule has 0 radical (unpaired) electrons. The molecule has 124 valence electrons. The molecular formula is C14H12Cl2F3N3O. The molecule has 1 aromatic carbocycles. The average molecular weight is 366 g/mol. The second kappa shape index (κ2) is 6.80. The molecular weight excluding hydrogens is 354 g/mol. The van der Waals surface area contributed by atoms with Crippen LogP contribution in [0.25, 0.3) is 0 Å². The molecule has 0 fully saturated rings. The van der Waals surface area contributed by atoms with E-state index in [2.05, 4.69) is 10.4 Å². The summed E-state index contributed by atoms with van der Waals surface area (Å²) >= 11 is 11.9. The SMILES string of the molecule is Cc1cc(C(F)(F)F)nn1CCC(=O)Nc1c(Cl)cccc1Cl. The van der Waals surface area contributed by atoms with Crippen molar-refractivity contribution in [2.75, 3.05) is 5.32 Å². The van der Waals surface area contributed by atoms with Crippen LogP contribution in [0.4, 0.5) is 18.9 Å². The second-order valence-electron chi connectivity index (χ2n) is 4.79. The predicted molar refractivity (Wildman–Crippen MR) is 81.7 cm³/mol. The molecule has 2 rings (SSSR count). The van der Waals surface area contributed by atoms with Gasteiger partial charge in [0, 0.05) is 18.7 Å². The van der Waals surface area contributed by atoms with Crippen LogP contribution in [0.3, 0.4) is 0 Å². The highest BCUT2D eigenvalue weighted by Gasteiger charge is 2.34. The van der Waals surface area contributed by atoms with E-state index in [9.17, 15) is 18.0 Å². The Hall–Kier alpha value is -1.73. The van der Waals surface area contributed by atoms with Crippen LogP contribution in [0, 0.1) is 6.92 Å². The van der Waals surface area contributed by atoms with Gasteiger partial charge in [-0.15, -0.1) is 0 Å². The summed E-state index contributed by atoms with van der Waals surface area (Å²) in [5.41, 5.74) is -0.389. The van der Waals surface area contributed by atoms with Crippen molar-refractivity contribution in [3.8, 4) is 0 Å². The van der Waals surface area contributed by atoms with Crippen molar-refractivity contribution in [3.05, 3.63) is 45.7 Å². The lowest BCUT2D eigenvalue weighted by atomic mass is 10.3. The van der Waals surface area contributed by atoms with E-state index >= 15 is 0 Å². The Morgan fingerprint density at radius 3 is 2.43 bits per heavy atom. The number of aromatic nitrogens is 2. The molecule has 0 spiro atoms. The predicted octanol–water partition coefficient (Wildman–Crippen LogP) is 4.55. The minimum absolute atomic E-state index is 0.00974. The highest BCUT2D eigenvalue weighted by molar-refractivity contribution is 6.39. The van der Waals surface area contributed by atoms with Crippen molar-refractivity contribution >= 4 is 34.8 Å². The zero-order valence-electron chi connectivity index (χ0n) is 11.9. The fraction of sp³-hybridized carbons (Fsp3) is 0.286. The molecule has 0 bridgehead atoms. The molecule has 0 saturated carbocycles. The van der Waals surface area contributed by atoms with Gasteiger partial charge in [0.05, 0.1) is 15.7 Å². The third kappa shape index (κ3) is 4.39. The smallest absolute Gasteiger partial charge is 0.323 e. The Bertz CT molecular complexity index is 708. The lowest BCUT2D eigenvalue weighted by Gasteiger charge is -2.09. The monoisotopic (exact) mass is 365 g/mol. The van der Waals surface area contributed by atoms with Crippen LogP contribution in [0.1, 0.15) is 17.8 Å². The van der Waals surface area contributed by atoms with Gasteiger partial charge in [0.25, 0.3) is 0 Å². The molecule has 2 aromatic rings. The summed E-state index contributed by atoms with van der Waals surface area (Å²) in [4.78, 5) is 11.9. The number of carbonyl (C=O) groups excluding carboxylic acids is 1. The molecule has 1 heterocycles. The van der Waals surface area contributed by atoms with E-state index < -0.39 is 17.8 Å². The molecule has 0 aliphatic rings. The lowest BCUT2D eigenvalue weighted by Crippen LogP contribution is -2.16. The Morgan fingerprint density at radius 2 is 1.91 bits per heavy atom. The number of aryl methyl sites for hydroxylation is 2. The summed E-state index contributed by atoms with van der Waals surface area (Å²) in [5, 5.41) is 6.55. The summed E-state index contributed by atoms with van der Waals surface area (Å²) < 4.78 is 38.9. The maximum Gasteiger partial charge on any atom is 0.435 e. The highest BCUT2D eigenvalue weighted by Crippen LogP contribution is 2.30. The number of halogens is 5. The molecule has 0 aliphatic heterocycles. The third-order valence-electron chi connectivity index (χ3n) is 3.05. The Balaban J connectivity index is 2.01. The molecule has 1 amide bonds. The normalized spacial score (nSPS) is 11.6. The summed E-state index contributed by atoms with van der Waals surface area (Å²) in [7, 11) is 0. The van der Waals surface area contributed by atoms with E-state index in [-0.39, 0.29) is 28.7 Å². The first-order valence-corrected chi connectivity index (χ1v) is 7.29. The Kier molecular flexibility index (Phi) is 5.21. The van der Waals surface area contributed by atoms with Gasteiger partial charge in [-0.3, -0.25) is 9.48 Å². The number of anilines is 1. The van der Waals surface area contributed by atoms with Gasteiger partial charge < -0.3 is 5.32 Å². The molecule has 0 aliphatic carbocycles. The van der Waals surface area contributed by atoms with E-state index in [1.54, 1.807) is 18.2 Å². The largest absolute Gasteiger partial charge is 0.435 e. The summed E-state index contributed by atoms with van der Waals surface area (Å²) in [5.74, 6) is -0.427. The first kappa shape index (κ1) is 17.6. The van der Waals surface area contributed by atoms with E-state index in [4.69, 9.17) is 23.2 Å². The number of para-hydroxylation sites is 1. The number of nitrogens with zero attached hydrogens (tertiary/aromatic N) is 2. The van der Waals surface area contributed by atoms with Gasteiger partial charge in [-0.1, -0.05) is 29.3 Å². The maximum atomic E-state index is 12.6. The number of carbonyl (C=O) groups is 1. The van der Waals surface area contributed by atoms with Gasteiger partial charge in [0.2, 0.25) is 5.91 Å². The van der Waals surface area contributed by atoms with Crippen LogP contribution in [0.5, 0.6) is 0 Å². The summed E-state index contributed by atoms with van der Waals surface area (Å²) in [6.07, 6.45) is -4.58. The molecule has 0 saturated heterocycles. The van der Waals surface area contributed by atoms with Crippen LogP contribution in [-0.4, -0.2) is 15.7 Å². The van der Waals surface area contributed by atoms with E-state index in [0.29, 0.717) is 5.69 Å². The second-order valence-corrected chi connectivity index (χ2v) is 5.60. The number of nitrogens with one attached hydrogen (secondary N) is 1. The third-order valence-corrected chi connectivity index (χ3v) is 3.68. The zero-order chi connectivity index (χ0) is 17.2. The number of amides is 1. The van der Waals surface area contributed by atoms with Gasteiger partial charge in [0.15, 0.2) is 5.69 Å². The van der Waals surface area contributed by atoms with E-state index in [1.165, 1.54) is 6.92 Å². The van der Waals surface area contributed by atoms with Gasteiger partial charge in [0.1, 0.15) is 0 Å². The Labute approximate surface area is 140 Å². The number of hydrogen-bond donors (Lipinski definition) is 1. The van der Waals surface area contributed by atoms with Gasteiger partial charge in [-0.2, -0.15) is 18.3 Å². The first-order valence-electron chi connectivity index (χ1n) is 6.54. The highest BCUT2D eigenvalue weighted by atomic mass is 35.5. The van der Waals surface area contributed by atoms with Gasteiger partial charge >= 0.3 is 6.18 Å². The van der Waals surface area contributed by atoms with Crippen LogP contribution < -0.4 is 5.32 Å². The number of rotatable bonds is 4. The van der Waals surface area contributed by atoms with Crippen molar-refractivity contribution in [2.45, 2.75) is 26.1 Å². The topological polar surface area (TPSA) is 46.9 Å². The minimum Gasteiger partial charge on any atom is -0.323 e. The molecule has 1 aromatic heterocycles. The summed E-state index contributed by atoms with van der Waals surface area (Å²) in [6, 6.07) is 5.70. The maximum absolute atomic E-state index is 12.6. The van der Waals surface area contributed by atoms with Crippen LogP contribution in [0.15, 0.2) is 24.3 Å². The standard InChI is InChI=1S/C14H12Cl2F3N3O/c1-8-7-11(14(17,18)19)21-22(8)6-5-12(23)20-13-9(15)3-2-4-10(13)16/h2-4,7H,5-6H2,1H3,(H,20,23). The molecule has 9 heteroatoms. The molecule has 0 atom stereocenters. The van der Waals surface area contributed by atoms with Crippen molar-refractivity contribution < 1.29 is 18.0 Å². The minimum atomic E-state index is -4.51. The van der Waals surface area contributed by atoms with Crippen LogP contribution >= 0.6 is 23.2 Å². The number of hydrogen-bond acceptors (Lipinski definition) is 2. The first-order chi connectivity index (χ1) is 10.7. The molecule has 4 nitrogen and oxygen atoms in total. The van der Waals surface area contributed by atoms with Crippen molar-refractivity contribution in [2.24, 2.45) is 0 Å². The van der Waals surface area contributed by atoms with Crippen molar-refractivity contribution in [1.82, 2.24) is 9.78 Å². The fourth-order valence-electron chi connectivity index (χ4n) is 1.90. The van der Waals surface area contributed by atoms with Crippen molar-refractivity contribution in [1.29, 1.82) is 0 Å². The average Bonchev–Trinajstić information content (AvgIpc) is 2.82. The van der Waals surface area contributed by atoms with Crippen molar-refractivity contribution in [3.63, 3.8) is 0 Å². The quantitative estimate of drug-likeness (QED) is 0.863. The van der Waals surface area contributed by atoms with Gasteiger partial charge in [-0.05, 0) is 25.1 Å².